The smallest absolute Gasteiger partial charge is 0.318 e. The molecule has 1 aromatic heterocycles. The Kier molecular flexibility index (Phi) is 6.62. The van der Waals surface area contributed by atoms with Crippen LogP contribution in [0.2, 0.25) is 0 Å². The molecule has 11 heteroatoms. The molecule has 0 radical (unpaired) electrons. The number of nitrogens with one attached hydrogen (secondary N) is 2. The first kappa shape index (κ1) is 21.4. The Hall–Kier alpha value is -2.79. The maximum Gasteiger partial charge on any atom is 0.318 e. The molecule has 2 fully saturated rings. The molecular weight excluding hydrogens is 423 g/mol. The zero-order valence-corrected chi connectivity index (χ0v) is 18.0. The van der Waals surface area contributed by atoms with Gasteiger partial charge in [-0.25, -0.2) is 9.18 Å². The Bertz CT molecular complexity index is 910. The summed E-state index contributed by atoms with van der Waals surface area (Å²) in [5, 5.41) is 14.7. The van der Waals surface area contributed by atoms with Crippen LogP contribution in [-0.4, -0.2) is 65.9 Å². The van der Waals surface area contributed by atoms with E-state index in [4.69, 9.17) is 4.74 Å². The van der Waals surface area contributed by atoms with E-state index in [1.807, 2.05) is 0 Å². The Labute approximate surface area is 183 Å². The lowest BCUT2D eigenvalue weighted by Crippen LogP contribution is -2.54. The van der Waals surface area contributed by atoms with Gasteiger partial charge in [0, 0.05) is 38.5 Å². The summed E-state index contributed by atoms with van der Waals surface area (Å²) in [5.41, 5.74) is 0.925. The Balaban J connectivity index is 1.23. The maximum absolute atomic E-state index is 13.1. The molecular formula is C20H25FN6O3S. The number of halogens is 1. The van der Waals surface area contributed by atoms with Gasteiger partial charge >= 0.3 is 6.03 Å². The molecule has 166 valence electrons. The number of benzene rings is 1. The van der Waals surface area contributed by atoms with E-state index >= 15 is 0 Å². The van der Waals surface area contributed by atoms with Gasteiger partial charge in [0.2, 0.25) is 11.0 Å². The number of rotatable bonds is 5. The minimum atomic E-state index is -0.724. The third-order valence-electron chi connectivity index (χ3n) is 5.37. The van der Waals surface area contributed by atoms with E-state index in [1.54, 1.807) is 24.0 Å². The Morgan fingerprint density at radius 1 is 1.19 bits per heavy atom. The number of carbonyl (C=O) groups is 2. The summed E-state index contributed by atoms with van der Waals surface area (Å²) >= 11 is 1.29. The molecule has 0 bridgehead atoms. The number of hydrogen-bond donors (Lipinski definition) is 2. The number of anilines is 2. The molecule has 31 heavy (non-hydrogen) atoms. The second kappa shape index (κ2) is 9.56. The quantitative estimate of drug-likeness (QED) is 0.729. The molecule has 3 amide bonds. The zero-order chi connectivity index (χ0) is 21.8. The molecule has 2 aliphatic heterocycles. The molecule has 0 spiro atoms. The second-order valence-electron chi connectivity index (χ2n) is 7.56. The number of nitrogens with zero attached hydrogens (tertiary/aromatic N) is 4. The van der Waals surface area contributed by atoms with Crippen molar-refractivity contribution < 1.29 is 18.7 Å². The molecule has 2 aromatic rings. The highest BCUT2D eigenvalue weighted by molar-refractivity contribution is 7.15. The highest BCUT2D eigenvalue weighted by Gasteiger charge is 2.26. The van der Waals surface area contributed by atoms with Crippen molar-refractivity contribution >= 4 is 34.1 Å². The normalized spacial score (nSPS) is 19.9. The van der Waals surface area contributed by atoms with E-state index in [2.05, 4.69) is 25.7 Å². The highest BCUT2D eigenvalue weighted by atomic mass is 32.1. The van der Waals surface area contributed by atoms with Crippen molar-refractivity contribution in [1.29, 1.82) is 0 Å². The van der Waals surface area contributed by atoms with Crippen LogP contribution in [0, 0.1) is 5.82 Å². The Morgan fingerprint density at radius 2 is 1.94 bits per heavy atom. The standard InChI is InChI=1S/C20H25FN6O3S/c1-13(17(28)23-19-25-24-18(31-19)16-3-2-12-30-16)22-20(29)27-10-8-26(9-11-27)15-6-4-14(21)5-7-15/h4-7,13,16H,2-3,8-12H2,1H3,(H,22,29)(H,23,25,28)/t13-,16?/m0/s1. The second-order valence-corrected chi connectivity index (χ2v) is 8.57. The lowest BCUT2D eigenvalue weighted by Gasteiger charge is -2.36. The number of amides is 3. The fraction of sp³-hybridized carbons (Fsp3) is 0.500. The van der Waals surface area contributed by atoms with Gasteiger partial charge < -0.3 is 19.9 Å². The molecule has 9 nitrogen and oxygen atoms in total. The van der Waals surface area contributed by atoms with Gasteiger partial charge in [-0.3, -0.25) is 10.1 Å². The van der Waals surface area contributed by atoms with E-state index in [9.17, 15) is 14.0 Å². The summed E-state index contributed by atoms with van der Waals surface area (Å²) in [7, 11) is 0. The fourth-order valence-electron chi connectivity index (χ4n) is 3.56. The minimum absolute atomic E-state index is 0.0474. The average Bonchev–Trinajstić information content (AvgIpc) is 3.46. The predicted molar refractivity (Wildman–Crippen MR) is 115 cm³/mol. The molecule has 2 aliphatic rings. The van der Waals surface area contributed by atoms with E-state index in [1.165, 1.54) is 23.5 Å². The SMILES string of the molecule is C[C@H](NC(=O)N1CCN(c2ccc(F)cc2)CC1)C(=O)Nc1nnc(C2CCCO2)s1. The molecule has 4 rings (SSSR count). The van der Waals surface area contributed by atoms with Crippen molar-refractivity contribution in [2.45, 2.75) is 31.9 Å². The van der Waals surface area contributed by atoms with Crippen LogP contribution in [0.1, 0.15) is 30.9 Å². The predicted octanol–water partition coefficient (Wildman–Crippen LogP) is 2.39. The first-order valence-corrected chi connectivity index (χ1v) is 11.1. The Morgan fingerprint density at radius 3 is 2.61 bits per heavy atom. The van der Waals surface area contributed by atoms with Crippen LogP contribution >= 0.6 is 11.3 Å². The van der Waals surface area contributed by atoms with Crippen LogP contribution in [0.3, 0.4) is 0 Å². The summed E-state index contributed by atoms with van der Waals surface area (Å²) in [5.74, 6) is -0.626. The van der Waals surface area contributed by atoms with Gasteiger partial charge in [0.15, 0.2) is 0 Å². The number of carbonyl (C=O) groups excluding carboxylic acids is 2. The summed E-state index contributed by atoms with van der Waals surface area (Å²) in [6, 6.07) is 5.30. The van der Waals surface area contributed by atoms with Gasteiger partial charge in [0.05, 0.1) is 0 Å². The maximum atomic E-state index is 13.1. The number of ether oxygens (including phenoxy) is 1. The molecule has 1 unspecified atom stereocenters. The average molecular weight is 449 g/mol. The minimum Gasteiger partial charge on any atom is -0.371 e. The molecule has 2 atom stereocenters. The van der Waals surface area contributed by atoms with Crippen LogP contribution < -0.4 is 15.5 Å². The number of piperazine rings is 1. The topological polar surface area (TPSA) is 99.7 Å². The third kappa shape index (κ3) is 5.28. The van der Waals surface area contributed by atoms with Gasteiger partial charge in [0.1, 0.15) is 23.0 Å². The van der Waals surface area contributed by atoms with Gasteiger partial charge in [-0.15, -0.1) is 10.2 Å². The van der Waals surface area contributed by atoms with E-state index in [-0.39, 0.29) is 23.9 Å². The molecule has 1 aromatic carbocycles. The number of urea groups is 1. The van der Waals surface area contributed by atoms with Gasteiger partial charge in [-0.2, -0.15) is 0 Å². The number of aromatic nitrogens is 2. The molecule has 3 heterocycles. The summed E-state index contributed by atoms with van der Waals surface area (Å²) in [6.45, 7) is 4.64. The highest BCUT2D eigenvalue weighted by Crippen LogP contribution is 2.31. The van der Waals surface area contributed by atoms with Crippen molar-refractivity contribution in [1.82, 2.24) is 20.4 Å². The molecule has 2 N–H and O–H groups in total. The van der Waals surface area contributed by atoms with Gasteiger partial charge in [-0.05, 0) is 44.0 Å². The lowest BCUT2D eigenvalue weighted by atomic mass is 10.2. The van der Waals surface area contributed by atoms with Gasteiger partial charge in [0.25, 0.3) is 0 Å². The van der Waals surface area contributed by atoms with Crippen LogP contribution in [0.5, 0.6) is 0 Å². The van der Waals surface area contributed by atoms with Crippen molar-refractivity contribution in [2.75, 3.05) is 43.0 Å². The van der Waals surface area contributed by atoms with Crippen LogP contribution in [0.4, 0.5) is 20.0 Å². The van der Waals surface area contributed by atoms with E-state index in [0.29, 0.717) is 37.9 Å². The van der Waals surface area contributed by atoms with E-state index in [0.717, 1.165) is 23.5 Å². The lowest BCUT2D eigenvalue weighted by molar-refractivity contribution is -0.117. The summed E-state index contributed by atoms with van der Waals surface area (Å²) in [4.78, 5) is 28.8. The van der Waals surface area contributed by atoms with Gasteiger partial charge in [-0.1, -0.05) is 11.3 Å². The van der Waals surface area contributed by atoms with Crippen molar-refractivity contribution in [3.63, 3.8) is 0 Å². The van der Waals surface area contributed by atoms with E-state index < -0.39 is 6.04 Å². The van der Waals surface area contributed by atoms with Crippen LogP contribution in [0.25, 0.3) is 0 Å². The van der Waals surface area contributed by atoms with Crippen molar-refractivity contribution in [3.8, 4) is 0 Å². The summed E-state index contributed by atoms with van der Waals surface area (Å²) in [6.07, 6.45) is 1.85. The van der Waals surface area contributed by atoms with Crippen molar-refractivity contribution in [3.05, 3.63) is 35.1 Å². The third-order valence-corrected chi connectivity index (χ3v) is 6.30. The first-order chi connectivity index (χ1) is 15.0. The molecule has 0 saturated carbocycles. The number of hydrogen-bond acceptors (Lipinski definition) is 7. The van der Waals surface area contributed by atoms with Crippen LogP contribution in [-0.2, 0) is 9.53 Å². The van der Waals surface area contributed by atoms with Crippen molar-refractivity contribution in [2.24, 2.45) is 0 Å². The first-order valence-electron chi connectivity index (χ1n) is 10.3. The zero-order valence-electron chi connectivity index (χ0n) is 17.2. The largest absolute Gasteiger partial charge is 0.371 e. The fourth-order valence-corrected chi connectivity index (χ4v) is 4.39. The summed E-state index contributed by atoms with van der Waals surface area (Å²) < 4.78 is 18.7. The molecule has 0 aliphatic carbocycles. The monoisotopic (exact) mass is 448 g/mol. The van der Waals surface area contributed by atoms with Crippen LogP contribution in [0.15, 0.2) is 24.3 Å². The molecule has 2 saturated heterocycles.